The Labute approximate surface area is 199 Å². The number of hydrogen-bond donors (Lipinski definition) is 1. The Morgan fingerprint density at radius 1 is 1.09 bits per heavy atom. The number of nitrogens with zero attached hydrogens (tertiary/aromatic N) is 1. The topological polar surface area (TPSA) is 42.0 Å². The first-order valence-corrected chi connectivity index (χ1v) is 11.7. The summed E-state index contributed by atoms with van der Waals surface area (Å²) in [6, 6.07) is 16.9. The van der Waals surface area contributed by atoms with Gasteiger partial charge in [-0.3, -0.25) is 9.78 Å². The summed E-state index contributed by atoms with van der Waals surface area (Å²) in [5.41, 5.74) is 1.90. The molecule has 1 aromatic heterocycles. The lowest BCUT2D eigenvalue weighted by Crippen LogP contribution is -2.42. The Bertz CT molecular complexity index is 1130. The molecule has 0 radical (unpaired) electrons. The van der Waals surface area contributed by atoms with Crippen molar-refractivity contribution in [2.75, 3.05) is 0 Å². The van der Waals surface area contributed by atoms with Crippen molar-refractivity contribution in [3.8, 4) is 0 Å². The minimum absolute atomic E-state index is 0.0180. The minimum Gasteiger partial charge on any atom is -0.348 e. The largest absolute Gasteiger partial charge is 0.348 e. The van der Waals surface area contributed by atoms with Crippen LogP contribution in [-0.2, 0) is 16.6 Å². The number of hydrogen-bond acceptors (Lipinski definition) is 2. The number of allylic oxidation sites excluding steroid dienone is 1. The highest BCUT2D eigenvalue weighted by Crippen LogP contribution is 2.59. The Hall–Kier alpha value is -3.34. The van der Waals surface area contributed by atoms with E-state index in [9.17, 15) is 13.6 Å². The van der Waals surface area contributed by atoms with E-state index in [1.165, 1.54) is 29.8 Å². The molecule has 1 atom stereocenters. The minimum atomic E-state index is -0.528. The Morgan fingerprint density at radius 3 is 2.35 bits per heavy atom. The van der Waals surface area contributed by atoms with Gasteiger partial charge in [0.1, 0.15) is 11.6 Å². The zero-order chi connectivity index (χ0) is 24.2. The summed E-state index contributed by atoms with van der Waals surface area (Å²) in [4.78, 5) is 16.8. The lowest BCUT2D eigenvalue weighted by Gasteiger charge is -2.25. The highest BCUT2D eigenvalue weighted by Gasteiger charge is 2.55. The number of benzene rings is 2. The van der Waals surface area contributed by atoms with Gasteiger partial charge in [-0.05, 0) is 98.5 Å². The summed E-state index contributed by atoms with van der Waals surface area (Å²) in [6.07, 6.45) is 10.4. The van der Waals surface area contributed by atoms with Crippen LogP contribution in [0, 0.1) is 17.6 Å². The van der Waals surface area contributed by atoms with E-state index in [1.54, 1.807) is 24.4 Å². The molecule has 34 heavy (non-hydrogen) atoms. The molecule has 1 aliphatic rings. The summed E-state index contributed by atoms with van der Waals surface area (Å²) >= 11 is 0. The molecule has 4 rings (SSSR count). The van der Waals surface area contributed by atoms with Crippen LogP contribution in [0.3, 0.4) is 0 Å². The number of carbonyl (C=O) groups is 1. The molecule has 5 heteroatoms. The molecule has 1 saturated carbocycles. The molecule has 1 fully saturated rings. The summed E-state index contributed by atoms with van der Waals surface area (Å²) < 4.78 is 28.0. The second kappa shape index (κ2) is 9.88. The van der Waals surface area contributed by atoms with Crippen molar-refractivity contribution < 1.29 is 13.6 Å². The number of pyridine rings is 1. The van der Waals surface area contributed by atoms with Gasteiger partial charge in [0.2, 0.25) is 5.91 Å². The highest BCUT2D eigenvalue weighted by atomic mass is 19.1. The zero-order valence-corrected chi connectivity index (χ0v) is 19.6. The van der Waals surface area contributed by atoms with Gasteiger partial charge in [0.25, 0.3) is 0 Å². The molecule has 3 nitrogen and oxygen atoms in total. The van der Waals surface area contributed by atoms with E-state index in [-0.39, 0.29) is 29.0 Å². The SMILES string of the molecule is CC(C)(CCCc1cccnc1)NC(=O)C=C[C@@H]1CC1(c1cccc(F)c1)c1cccc(F)c1. The van der Waals surface area contributed by atoms with Crippen molar-refractivity contribution in [1.82, 2.24) is 10.3 Å². The lowest BCUT2D eigenvalue weighted by atomic mass is 9.85. The monoisotopic (exact) mass is 460 g/mol. The van der Waals surface area contributed by atoms with Crippen LogP contribution in [0.25, 0.3) is 0 Å². The van der Waals surface area contributed by atoms with Crippen LogP contribution in [0.2, 0.25) is 0 Å². The average Bonchev–Trinajstić information content (AvgIpc) is 3.54. The Kier molecular flexibility index (Phi) is 6.92. The summed E-state index contributed by atoms with van der Waals surface area (Å²) in [7, 11) is 0. The van der Waals surface area contributed by atoms with E-state index in [0.717, 1.165) is 30.4 Å². The van der Waals surface area contributed by atoms with Gasteiger partial charge < -0.3 is 5.32 Å². The van der Waals surface area contributed by atoms with Gasteiger partial charge in [-0.2, -0.15) is 0 Å². The molecule has 0 aliphatic heterocycles. The van der Waals surface area contributed by atoms with Crippen LogP contribution < -0.4 is 5.32 Å². The fraction of sp³-hybridized carbons (Fsp3) is 0.310. The molecular weight excluding hydrogens is 430 g/mol. The van der Waals surface area contributed by atoms with Gasteiger partial charge in [-0.15, -0.1) is 0 Å². The van der Waals surface area contributed by atoms with Crippen LogP contribution in [0.15, 0.2) is 85.2 Å². The molecule has 0 spiro atoms. The van der Waals surface area contributed by atoms with Gasteiger partial charge >= 0.3 is 0 Å². The number of aromatic nitrogens is 1. The zero-order valence-electron chi connectivity index (χ0n) is 19.6. The highest BCUT2D eigenvalue weighted by molar-refractivity contribution is 5.88. The maximum absolute atomic E-state index is 14.0. The second-order valence-corrected chi connectivity index (χ2v) is 9.75. The van der Waals surface area contributed by atoms with E-state index in [0.29, 0.717) is 6.42 Å². The molecule has 0 bridgehead atoms. The molecule has 1 aliphatic carbocycles. The van der Waals surface area contributed by atoms with E-state index in [1.807, 2.05) is 44.3 Å². The lowest BCUT2D eigenvalue weighted by molar-refractivity contribution is -0.118. The number of rotatable bonds is 9. The van der Waals surface area contributed by atoms with E-state index in [4.69, 9.17) is 0 Å². The molecule has 1 amide bonds. The Balaban J connectivity index is 1.41. The molecule has 3 aromatic rings. The van der Waals surface area contributed by atoms with Crippen molar-refractivity contribution in [3.05, 3.63) is 114 Å². The first-order chi connectivity index (χ1) is 16.3. The third-order valence-corrected chi connectivity index (χ3v) is 6.63. The van der Waals surface area contributed by atoms with Crippen LogP contribution in [-0.4, -0.2) is 16.4 Å². The normalized spacial score (nSPS) is 17.0. The quantitative estimate of drug-likeness (QED) is 0.390. The molecule has 0 unspecified atom stereocenters. The number of aryl methyl sites for hydroxylation is 1. The van der Waals surface area contributed by atoms with E-state index < -0.39 is 5.41 Å². The maximum atomic E-state index is 14.0. The number of halogens is 2. The fourth-order valence-corrected chi connectivity index (χ4v) is 4.80. The molecular formula is C29H30F2N2O. The van der Waals surface area contributed by atoms with Crippen LogP contribution in [0.4, 0.5) is 8.78 Å². The summed E-state index contributed by atoms with van der Waals surface area (Å²) in [5, 5.41) is 3.09. The van der Waals surface area contributed by atoms with E-state index >= 15 is 0 Å². The first kappa shape index (κ1) is 23.8. The number of carbonyl (C=O) groups excluding carboxylic acids is 1. The van der Waals surface area contributed by atoms with Crippen LogP contribution in [0.1, 0.15) is 49.8 Å². The standard InChI is InChI=1S/C29H30F2N2O/c1-28(2,15-5-7-21-8-6-16-32-20-21)33-27(34)14-13-24-19-29(24,22-9-3-11-25(30)17-22)23-10-4-12-26(31)18-23/h3-4,6,8-14,16-18,20,24H,5,7,15,19H2,1-2H3,(H,33,34)/t24-/m1/s1. The molecule has 0 saturated heterocycles. The molecule has 1 heterocycles. The first-order valence-electron chi connectivity index (χ1n) is 11.7. The number of amides is 1. The molecule has 176 valence electrons. The van der Waals surface area contributed by atoms with Gasteiger partial charge in [-0.25, -0.2) is 8.78 Å². The molecule has 1 N–H and O–H groups in total. The summed E-state index contributed by atoms with van der Waals surface area (Å²) in [5.74, 6) is -0.830. The third kappa shape index (κ3) is 5.58. The van der Waals surface area contributed by atoms with Crippen molar-refractivity contribution in [2.45, 2.75) is 50.5 Å². The predicted molar refractivity (Wildman–Crippen MR) is 130 cm³/mol. The second-order valence-electron chi connectivity index (χ2n) is 9.75. The van der Waals surface area contributed by atoms with Gasteiger partial charge in [0, 0.05) is 23.3 Å². The Morgan fingerprint density at radius 2 is 1.76 bits per heavy atom. The van der Waals surface area contributed by atoms with Crippen molar-refractivity contribution >= 4 is 5.91 Å². The smallest absolute Gasteiger partial charge is 0.244 e. The van der Waals surface area contributed by atoms with E-state index in [2.05, 4.69) is 16.4 Å². The van der Waals surface area contributed by atoms with Gasteiger partial charge in [-0.1, -0.05) is 36.4 Å². The fourth-order valence-electron chi connectivity index (χ4n) is 4.80. The third-order valence-electron chi connectivity index (χ3n) is 6.63. The maximum Gasteiger partial charge on any atom is 0.244 e. The average molecular weight is 461 g/mol. The predicted octanol–water partition coefficient (Wildman–Crippen LogP) is 6.14. The number of nitrogens with one attached hydrogen (secondary N) is 1. The van der Waals surface area contributed by atoms with Crippen molar-refractivity contribution in [1.29, 1.82) is 0 Å². The van der Waals surface area contributed by atoms with Gasteiger partial charge in [0.05, 0.1) is 0 Å². The van der Waals surface area contributed by atoms with Crippen molar-refractivity contribution in [2.24, 2.45) is 5.92 Å². The summed E-state index contributed by atoms with van der Waals surface area (Å²) in [6.45, 7) is 4.03. The van der Waals surface area contributed by atoms with Crippen LogP contribution in [0.5, 0.6) is 0 Å². The van der Waals surface area contributed by atoms with Crippen molar-refractivity contribution in [3.63, 3.8) is 0 Å². The van der Waals surface area contributed by atoms with Crippen LogP contribution >= 0.6 is 0 Å². The van der Waals surface area contributed by atoms with Gasteiger partial charge in [0.15, 0.2) is 0 Å². The molecule has 2 aromatic carbocycles.